The van der Waals surface area contributed by atoms with E-state index in [1.165, 1.54) is 23.1 Å². The number of rotatable bonds is 2. The summed E-state index contributed by atoms with van der Waals surface area (Å²) in [5.41, 5.74) is 3.53. The summed E-state index contributed by atoms with van der Waals surface area (Å²) in [5, 5.41) is 11.3. The van der Waals surface area contributed by atoms with Crippen LogP contribution >= 0.6 is 0 Å². The highest BCUT2D eigenvalue weighted by molar-refractivity contribution is 6.25. The molecule has 2 amide bonds. The molecule has 2 atom stereocenters. The van der Waals surface area contributed by atoms with Crippen molar-refractivity contribution in [2.45, 2.75) is 18.8 Å². The van der Waals surface area contributed by atoms with Gasteiger partial charge >= 0.3 is 0 Å². The monoisotopic (exact) mass is 410 g/mol. The van der Waals surface area contributed by atoms with Crippen molar-refractivity contribution >= 4 is 23.2 Å². The molecule has 1 fully saturated rings. The van der Waals surface area contributed by atoms with Crippen LogP contribution in [0, 0.1) is 21.4 Å². The predicted octanol–water partition coefficient (Wildman–Crippen LogP) is 4.38. The molecule has 0 saturated carbocycles. The van der Waals surface area contributed by atoms with Gasteiger partial charge in [-0.25, -0.2) is 4.90 Å². The molecule has 1 saturated heterocycles. The molecule has 3 aromatic carbocycles. The van der Waals surface area contributed by atoms with Crippen molar-refractivity contribution in [1.82, 2.24) is 0 Å². The predicted molar refractivity (Wildman–Crippen MR) is 114 cm³/mol. The van der Waals surface area contributed by atoms with Gasteiger partial charge in [-0.2, -0.15) is 0 Å². The van der Waals surface area contributed by atoms with Gasteiger partial charge in [-0.15, -0.1) is 0 Å². The van der Waals surface area contributed by atoms with Gasteiger partial charge in [0.05, 0.1) is 21.9 Å². The number of anilines is 1. The number of carbonyl (C=O) groups is 2. The van der Waals surface area contributed by atoms with Crippen LogP contribution in [0.3, 0.4) is 0 Å². The van der Waals surface area contributed by atoms with Gasteiger partial charge in [0.1, 0.15) is 0 Å². The first-order chi connectivity index (χ1) is 14.9. The Morgan fingerprint density at radius 3 is 2.03 bits per heavy atom. The minimum atomic E-state index is -0.949. The van der Waals surface area contributed by atoms with Gasteiger partial charge < -0.3 is 0 Å². The van der Waals surface area contributed by atoms with Gasteiger partial charge in [0, 0.05) is 24.0 Å². The second-order valence-electron chi connectivity index (χ2n) is 8.68. The lowest BCUT2D eigenvalue weighted by molar-refractivity contribution is -0.384. The smallest absolute Gasteiger partial charge is 0.271 e. The van der Waals surface area contributed by atoms with Gasteiger partial charge in [-0.3, -0.25) is 19.7 Å². The Kier molecular flexibility index (Phi) is 3.41. The SMILES string of the molecule is C[C@]12C(=O)N(c3cccc([N+](=O)[O-])c3)C(=O)[C@@H]1C1c3ccccc3C2c2ccccc21. The van der Waals surface area contributed by atoms with Crippen LogP contribution in [0.5, 0.6) is 0 Å². The molecule has 0 unspecified atom stereocenters. The lowest BCUT2D eigenvalue weighted by Gasteiger charge is -2.51. The van der Waals surface area contributed by atoms with Crippen molar-refractivity contribution in [3.8, 4) is 0 Å². The molecule has 1 aliphatic heterocycles. The quantitative estimate of drug-likeness (QED) is 0.357. The number of carbonyl (C=O) groups excluding carboxylic acids is 2. The van der Waals surface area contributed by atoms with E-state index in [2.05, 4.69) is 24.3 Å². The summed E-state index contributed by atoms with van der Waals surface area (Å²) in [5.74, 6) is -1.58. The second kappa shape index (κ2) is 5.88. The summed E-state index contributed by atoms with van der Waals surface area (Å²) < 4.78 is 0. The van der Waals surface area contributed by atoms with Crippen LogP contribution in [0.4, 0.5) is 11.4 Å². The van der Waals surface area contributed by atoms with Crippen molar-refractivity contribution in [2.75, 3.05) is 4.90 Å². The second-order valence-corrected chi connectivity index (χ2v) is 8.68. The van der Waals surface area contributed by atoms with Crippen LogP contribution in [0.15, 0.2) is 72.8 Å². The fourth-order valence-corrected chi connectivity index (χ4v) is 6.11. The maximum atomic E-state index is 13.9. The van der Waals surface area contributed by atoms with Gasteiger partial charge in [0.15, 0.2) is 0 Å². The highest BCUT2D eigenvalue weighted by Gasteiger charge is 2.68. The van der Waals surface area contributed by atoms with Crippen molar-refractivity contribution in [1.29, 1.82) is 0 Å². The molecular weight excluding hydrogens is 392 g/mol. The van der Waals surface area contributed by atoms with E-state index in [4.69, 9.17) is 0 Å². The van der Waals surface area contributed by atoms with E-state index in [0.29, 0.717) is 0 Å². The lowest BCUT2D eigenvalue weighted by atomic mass is 9.48. The Hall–Kier alpha value is -3.80. The summed E-state index contributed by atoms with van der Waals surface area (Å²) in [6.07, 6.45) is 0. The van der Waals surface area contributed by atoms with Crippen molar-refractivity contribution < 1.29 is 14.5 Å². The zero-order valence-corrected chi connectivity index (χ0v) is 16.7. The number of hydrogen-bond donors (Lipinski definition) is 0. The fourth-order valence-electron chi connectivity index (χ4n) is 6.11. The largest absolute Gasteiger partial charge is 0.274 e. The van der Waals surface area contributed by atoms with Gasteiger partial charge in [0.2, 0.25) is 11.8 Å². The van der Waals surface area contributed by atoms with E-state index in [9.17, 15) is 19.7 Å². The highest BCUT2D eigenvalue weighted by Crippen LogP contribution is 2.67. The zero-order chi connectivity index (χ0) is 21.5. The topological polar surface area (TPSA) is 80.5 Å². The molecule has 3 aromatic rings. The molecular formula is C25H18N2O4. The lowest BCUT2D eigenvalue weighted by Crippen LogP contribution is -2.49. The van der Waals surface area contributed by atoms with E-state index >= 15 is 0 Å². The number of imide groups is 1. The molecule has 0 N–H and O–H groups in total. The van der Waals surface area contributed by atoms with Crippen molar-refractivity contribution in [2.24, 2.45) is 11.3 Å². The molecule has 1 heterocycles. The van der Waals surface area contributed by atoms with Crippen LogP contribution in [-0.2, 0) is 9.59 Å². The third kappa shape index (κ3) is 2.06. The van der Waals surface area contributed by atoms with E-state index < -0.39 is 16.3 Å². The normalized spacial score (nSPS) is 27.6. The molecule has 3 aliphatic carbocycles. The first-order valence-corrected chi connectivity index (χ1v) is 10.2. The minimum absolute atomic E-state index is 0.146. The van der Waals surface area contributed by atoms with E-state index in [1.54, 1.807) is 6.07 Å². The summed E-state index contributed by atoms with van der Waals surface area (Å²) >= 11 is 0. The van der Waals surface area contributed by atoms with E-state index in [0.717, 1.165) is 22.3 Å². The van der Waals surface area contributed by atoms with E-state index in [1.807, 2.05) is 31.2 Å². The molecule has 6 heteroatoms. The standard InChI is InChI=1S/C25H18N2O4/c1-25-21-18-11-4-2-9-16(18)20(17-10-3-5-12-19(17)21)22(25)23(28)26(24(25)29)14-7-6-8-15(13-14)27(30)31/h2-13,20-22H,1H3/t20?,21?,22-,25+/m0/s1. The molecule has 0 spiro atoms. The van der Waals surface area contributed by atoms with Gasteiger partial charge in [0.25, 0.3) is 5.69 Å². The van der Waals surface area contributed by atoms with Crippen LogP contribution in [0.2, 0.25) is 0 Å². The van der Waals surface area contributed by atoms with Crippen LogP contribution in [0.1, 0.15) is 41.0 Å². The summed E-state index contributed by atoms with van der Waals surface area (Å²) in [6, 6.07) is 21.9. The molecule has 7 rings (SSSR count). The number of benzene rings is 3. The third-order valence-electron chi connectivity index (χ3n) is 7.31. The number of nitro groups is 1. The average molecular weight is 410 g/mol. The van der Waals surface area contributed by atoms with Gasteiger partial charge in [-0.05, 0) is 35.2 Å². The Morgan fingerprint density at radius 1 is 0.871 bits per heavy atom. The number of hydrogen-bond acceptors (Lipinski definition) is 4. The van der Waals surface area contributed by atoms with E-state index in [-0.39, 0.29) is 35.0 Å². The van der Waals surface area contributed by atoms with Crippen LogP contribution in [-0.4, -0.2) is 16.7 Å². The summed E-state index contributed by atoms with van der Waals surface area (Å²) in [6.45, 7) is 1.89. The molecule has 0 radical (unpaired) electrons. The fraction of sp³-hybridized carbons (Fsp3) is 0.200. The number of amides is 2. The number of nitrogens with zero attached hydrogens (tertiary/aromatic N) is 2. The summed E-state index contributed by atoms with van der Waals surface area (Å²) in [4.78, 5) is 39.6. The van der Waals surface area contributed by atoms with Crippen LogP contribution < -0.4 is 4.90 Å². The Bertz CT molecular complexity index is 1270. The molecule has 2 bridgehead atoms. The average Bonchev–Trinajstić information content (AvgIpc) is 2.99. The maximum Gasteiger partial charge on any atom is 0.271 e. The molecule has 152 valence electrons. The van der Waals surface area contributed by atoms with Crippen LogP contribution in [0.25, 0.3) is 0 Å². The summed E-state index contributed by atoms with van der Waals surface area (Å²) in [7, 11) is 0. The first kappa shape index (κ1) is 18.0. The molecule has 31 heavy (non-hydrogen) atoms. The zero-order valence-electron chi connectivity index (χ0n) is 16.7. The number of non-ortho nitro benzene ring substituents is 1. The highest BCUT2D eigenvalue weighted by atomic mass is 16.6. The Labute approximate surface area is 178 Å². The van der Waals surface area contributed by atoms with Gasteiger partial charge in [-0.1, -0.05) is 54.6 Å². The van der Waals surface area contributed by atoms with Crippen molar-refractivity contribution in [3.05, 3.63) is 105 Å². The third-order valence-corrected chi connectivity index (χ3v) is 7.31. The molecule has 6 nitrogen and oxygen atoms in total. The number of nitro benzene ring substituents is 1. The minimum Gasteiger partial charge on any atom is -0.274 e. The Morgan fingerprint density at radius 2 is 1.45 bits per heavy atom. The van der Waals surface area contributed by atoms with Crippen molar-refractivity contribution in [3.63, 3.8) is 0 Å². The Balaban J connectivity index is 1.59. The maximum absolute atomic E-state index is 13.9. The molecule has 4 aliphatic rings. The first-order valence-electron chi connectivity index (χ1n) is 10.2. The molecule has 0 aromatic heterocycles.